The molecule has 19 heavy (non-hydrogen) atoms. The van der Waals surface area contributed by atoms with E-state index in [1.54, 1.807) is 18.2 Å². The highest BCUT2D eigenvalue weighted by atomic mass is 32.2. The average Bonchev–Trinajstić information content (AvgIpc) is 2.25. The smallest absolute Gasteiger partial charge is 0.232 e. The molecule has 1 aromatic rings. The SMILES string of the molecule is CC(N)c1cccc(NS(=O)(=O)CCC(C)(C)C)c1. The summed E-state index contributed by atoms with van der Waals surface area (Å²) in [7, 11) is -3.30. The van der Waals surface area contributed by atoms with Gasteiger partial charge in [0.25, 0.3) is 0 Å². The predicted molar refractivity (Wildman–Crippen MR) is 80.5 cm³/mol. The molecule has 0 fully saturated rings. The van der Waals surface area contributed by atoms with Gasteiger partial charge in [0, 0.05) is 11.7 Å². The summed E-state index contributed by atoms with van der Waals surface area (Å²) in [5.74, 6) is 0.124. The normalized spacial score (nSPS) is 14.2. The molecule has 1 rings (SSSR count). The molecule has 4 nitrogen and oxygen atoms in total. The van der Waals surface area contributed by atoms with E-state index in [-0.39, 0.29) is 17.2 Å². The first kappa shape index (κ1) is 16.0. The molecule has 0 aliphatic carbocycles. The summed E-state index contributed by atoms with van der Waals surface area (Å²) in [6.45, 7) is 7.95. The number of hydrogen-bond donors (Lipinski definition) is 2. The summed E-state index contributed by atoms with van der Waals surface area (Å²) >= 11 is 0. The van der Waals surface area contributed by atoms with Crippen LogP contribution >= 0.6 is 0 Å². The lowest BCUT2D eigenvalue weighted by Gasteiger charge is -2.18. The molecule has 0 spiro atoms. The van der Waals surface area contributed by atoms with Crippen molar-refractivity contribution < 1.29 is 8.42 Å². The van der Waals surface area contributed by atoms with Gasteiger partial charge in [-0.3, -0.25) is 4.72 Å². The summed E-state index contributed by atoms with van der Waals surface area (Å²) in [6, 6.07) is 7.09. The molecular formula is C14H24N2O2S. The van der Waals surface area contributed by atoms with Crippen LogP contribution in [0.15, 0.2) is 24.3 Å². The van der Waals surface area contributed by atoms with Crippen LogP contribution in [0.1, 0.15) is 45.7 Å². The Morgan fingerprint density at radius 3 is 2.47 bits per heavy atom. The zero-order valence-electron chi connectivity index (χ0n) is 12.1. The molecule has 0 aromatic heterocycles. The second-order valence-corrected chi connectivity index (χ2v) is 7.99. The van der Waals surface area contributed by atoms with E-state index in [0.29, 0.717) is 12.1 Å². The van der Waals surface area contributed by atoms with Crippen molar-refractivity contribution in [3.05, 3.63) is 29.8 Å². The van der Waals surface area contributed by atoms with Crippen LogP contribution in [-0.4, -0.2) is 14.2 Å². The molecule has 108 valence electrons. The van der Waals surface area contributed by atoms with Crippen LogP contribution in [0.4, 0.5) is 5.69 Å². The van der Waals surface area contributed by atoms with E-state index in [1.165, 1.54) is 0 Å². The highest BCUT2D eigenvalue weighted by Gasteiger charge is 2.17. The van der Waals surface area contributed by atoms with Gasteiger partial charge in [-0.1, -0.05) is 32.9 Å². The van der Waals surface area contributed by atoms with Crippen LogP contribution in [0, 0.1) is 5.41 Å². The maximum Gasteiger partial charge on any atom is 0.232 e. The summed E-state index contributed by atoms with van der Waals surface area (Å²) in [5, 5.41) is 0. The van der Waals surface area contributed by atoms with Crippen LogP contribution < -0.4 is 10.5 Å². The minimum Gasteiger partial charge on any atom is -0.324 e. The second kappa shape index (κ2) is 5.92. The summed E-state index contributed by atoms with van der Waals surface area (Å²) in [6.07, 6.45) is 0.620. The molecule has 0 aliphatic heterocycles. The Morgan fingerprint density at radius 2 is 1.95 bits per heavy atom. The minimum absolute atomic E-state index is 0.00235. The third-order valence-electron chi connectivity index (χ3n) is 2.81. The molecule has 1 aromatic carbocycles. The number of rotatable bonds is 5. The highest BCUT2D eigenvalue weighted by Crippen LogP contribution is 2.21. The van der Waals surface area contributed by atoms with Gasteiger partial charge in [-0.2, -0.15) is 0 Å². The molecule has 0 radical (unpaired) electrons. The first-order chi connectivity index (χ1) is 8.59. The van der Waals surface area contributed by atoms with Gasteiger partial charge in [0.2, 0.25) is 10.0 Å². The first-order valence-corrected chi connectivity index (χ1v) is 8.10. The molecular weight excluding hydrogens is 260 g/mol. The number of anilines is 1. The maximum atomic E-state index is 12.0. The Balaban J connectivity index is 2.75. The summed E-state index contributed by atoms with van der Waals surface area (Å²) in [5.41, 5.74) is 7.27. The molecule has 0 heterocycles. The van der Waals surface area contributed by atoms with Crippen LogP contribution in [0.25, 0.3) is 0 Å². The van der Waals surface area contributed by atoms with Gasteiger partial charge < -0.3 is 5.73 Å². The van der Waals surface area contributed by atoms with Crippen molar-refractivity contribution in [3.63, 3.8) is 0 Å². The van der Waals surface area contributed by atoms with Crippen LogP contribution in [0.5, 0.6) is 0 Å². The monoisotopic (exact) mass is 284 g/mol. The number of hydrogen-bond acceptors (Lipinski definition) is 3. The van der Waals surface area contributed by atoms with Gasteiger partial charge in [-0.25, -0.2) is 8.42 Å². The molecule has 1 atom stereocenters. The Kier molecular flexibility index (Phi) is 4.98. The van der Waals surface area contributed by atoms with Crippen molar-refractivity contribution in [2.75, 3.05) is 10.5 Å². The largest absolute Gasteiger partial charge is 0.324 e. The number of nitrogens with two attached hydrogens (primary N) is 1. The average molecular weight is 284 g/mol. The van der Waals surface area contributed by atoms with Gasteiger partial charge >= 0.3 is 0 Å². The fourth-order valence-corrected chi connectivity index (χ4v) is 3.03. The van der Waals surface area contributed by atoms with Gasteiger partial charge in [-0.15, -0.1) is 0 Å². The Morgan fingerprint density at radius 1 is 1.32 bits per heavy atom. The molecule has 0 saturated heterocycles. The highest BCUT2D eigenvalue weighted by molar-refractivity contribution is 7.92. The van der Waals surface area contributed by atoms with Gasteiger partial charge in [0.1, 0.15) is 0 Å². The van der Waals surface area contributed by atoms with E-state index in [0.717, 1.165) is 5.56 Å². The van der Waals surface area contributed by atoms with Gasteiger partial charge in [-0.05, 0) is 36.5 Å². The van der Waals surface area contributed by atoms with Crippen molar-refractivity contribution in [2.45, 2.75) is 40.2 Å². The Hall–Kier alpha value is -1.07. The van der Waals surface area contributed by atoms with Crippen molar-refractivity contribution in [1.29, 1.82) is 0 Å². The minimum atomic E-state index is -3.30. The van der Waals surface area contributed by atoms with Crippen molar-refractivity contribution in [1.82, 2.24) is 0 Å². The Labute approximate surface area is 116 Å². The van der Waals surface area contributed by atoms with Gasteiger partial charge in [0.05, 0.1) is 5.75 Å². The topological polar surface area (TPSA) is 72.2 Å². The molecule has 1 unspecified atom stereocenters. The van der Waals surface area contributed by atoms with Crippen LogP contribution in [-0.2, 0) is 10.0 Å². The summed E-state index contributed by atoms with van der Waals surface area (Å²) < 4.78 is 26.6. The van der Waals surface area contributed by atoms with E-state index in [4.69, 9.17) is 5.73 Å². The molecule has 3 N–H and O–H groups in total. The van der Waals surface area contributed by atoms with Crippen LogP contribution in [0.3, 0.4) is 0 Å². The van der Waals surface area contributed by atoms with Crippen molar-refractivity contribution in [2.24, 2.45) is 11.1 Å². The number of nitrogens with one attached hydrogen (secondary N) is 1. The quantitative estimate of drug-likeness (QED) is 0.873. The lowest BCUT2D eigenvalue weighted by atomic mass is 9.94. The maximum absolute atomic E-state index is 12.0. The van der Waals surface area contributed by atoms with E-state index in [1.807, 2.05) is 33.8 Å². The zero-order valence-corrected chi connectivity index (χ0v) is 12.9. The van der Waals surface area contributed by atoms with Crippen molar-refractivity contribution in [3.8, 4) is 0 Å². The van der Waals surface area contributed by atoms with E-state index >= 15 is 0 Å². The molecule has 5 heteroatoms. The number of sulfonamides is 1. The molecule has 0 aliphatic rings. The molecule has 0 saturated carbocycles. The lowest BCUT2D eigenvalue weighted by Crippen LogP contribution is -2.21. The van der Waals surface area contributed by atoms with Gasteiger partial charge in [0.15, 0.2) is 0 Å². The predicted octanol–water partition coefficient (Wildman–Crippen LogP) is 2.88. The number of benzene rings is 1. The third-order valence-corrected chi connectivity index (χ3v) is 4.09. The van der Waals surface area contributed by atoms with E-state index in [2.05, 4.69) is 4.72 Å². The van der Waals surface area contributed by atoms with Crippen LogP contribution in [0.2, 0.25) is 0 Å². The molecule has 0 bridgehead atoms. The zero-order chi connectivity index (χ0) is 14.7. The lowest BCUT2D eigenvalue weighted by molar-refractivity contribution is 0.397. The summed E-state index contributed by atoms with van der Waals surface area (Å²) in [4.78, 5) is 0. The van der Waals surface area contributed by atoms with Crippen molar-refractivity contribution >= 4 is 15.7 Å². The Bertz CT molecular complexity index is 516. The first-order valence-electron chi connectivity index (χ1n) is 6.45. The third kappa shape index (κ3) is 6.07. The van der Waals surface area contributed by atoms with E-state index < -0.39 is 10.0 Å². The fourth-order valence-electron chi connectivity index (χ4n) is 1.56. The fraction of sp³-hybridized carbons (Fsp3) is 0.571. The second-order valence-electron chi connectivity index (χ2n) is 6.15. The standard InChI is InChI=1S/C14H24N2O2S/c1-11(15)12-6-5-7-13(10-12)16-19(17,18)9-8-14(2,3)4/h5-7,10-11,16H,8-9,15H2,1-4H3. The van der Waals surface area contributed by atoms with E-state index in [9.17, 15) is 8.42 Å². The molecule has 0 amide bonds.